The number of ether oxygens (including phenoxy) is 1. The van der Waals surface area contributed by atoms with Crippen LogP contribution in [0.4, 0.5) is 8.78 Å². The van der Waals surface area contributed by atoms with Crippen LogP contribution in [0.3, 0.4) is 0 Å². The number of rotatable bonds is 7. The molecule has 7 nitrogen and oxygen atoms in total. The van der Waals surface area contributed by atoms with E-state index in [0.29, 0.717) is 11.1 Å². The number of aromatic nitrogens is 3. The van der Waals surface area contributed by atoms with Gasteiger partial charge in [-0.25, -0.2) is 17.2 Å². The monoisotopic (exact) mass is 449 g/mol. The summed E-state index contributed by atoms with van der Waals surface area (Å²) in [4.78, 5) is 20.0. The fourth-order valence-corrected chi connectivity index (χ4v) is 4.12. The normalized spacial score (nSPS) is 12.5. The number of benzene rings is 1. The second-order valence-corrected chi connectivity index (χ2v) is 9.13. The number of aryl methyl sites for hydroxylation is 2. The molecule has 10 heteroatoms. The number of para-hydroxylation sites is 1. The second-order valence-electron chi connectivity index (χ2n) is 7.01. The molecule has 1 atom stereocenters. The molecule has 31 heavy (non-hydrogen) atoms. The fraction of sp³-hybridized carbons (Fsp3) is 0.286. The minimum absolute atomic E-state index is 0.0149. The Balaban J connectivity index is 2.11. The average molecular weight is 449 g/mol. The number of pyridine rings is 1. The van der Waals surface area contributed by atoms with Crippen molar-refractivity contribution in [3.05, 3.63) is 70.0 Å². The summed E-state index contributed by atoms with van der Waals surface area (Å²) >= 11 is 0. The Morgan fingerprint density at radius 1 is 1.19 bits per heavy atom. The smallest absolute Gasteiger partial charge is 0.322 e. The van der Waals surface area contributed by atoms with Gasteiger partial charge in [-0.3, -0.25) is 4.79 Å². The van der Waals surface area contributed by atoms with Crippen LogP contribution in [-0.2, 0) is 22.6 Å². The first-order valence-electron chi connectivity index (χ1n) is 9.44. The van der Waals surface area contributed by atoms with E-state index in [1.165, 1.54) is 48.0 Å². The van der Waals surface area contributed by atoms with E-state index in [2.05, 4.69) is 9.97 Å². The van der Waals surface area contributed by atoms with Crippen molar-refractivity contribution in [3.63, 3.8) is 0 Å². The second kappa shape index (κ2) is 8.93. The number of nitrogens with zero attached hydrogens (tertiary/aromatic N) is 3. The molecule has 1 aromatic carbocycles. The quantitative estimate of drug-likeness (QED) is 0.546. The zero-order chi connectivity index (χ0) is 22.8. The Hall–Kier alpha value is -3.14. The highest BCUT2D eigenvalue weighted by atomic mass is 32.2. The molecular weight excluding hydrogens is 428 g/mol. The fourth-order valence-electron chi connectivity index (χ4n) is 2.87. The highest BCUT2D eigenvalue weighted by molar-refractivity contribution is 7.91. The average Bonchev–Trinajstić information content (AvgIpc) is 2.71. The number of hydrogen-bond acceptors (Lipinski definition) is 6. The molecule has 0 saturated heterocycles. The van der Waals surface area contributed by atoms with Crippen LogP contribution in [0.25, 0.3) is 11.3 Å². The predicted octanol–water partition coefficient (Wildman–Crippen LogP) is 3.70. The number of halogens is 2. The van der Waals surface area contributed by atoms with Crippen molar-refractivity contribution < 1.29 is 21.9 Å². The van der Waals surface area contributed by atoms with Crippen molar-refractivity contribution in [1.29, 1.82) is 0 Å². The Morgan fingerprint density at radius 2 is 1.94 bits per heavy atom. The van der Waals surface area contributed by atoms with E-state index in [0.717, 1.165) is 0 Å². The topological polar surface area (TPSA) is 91.2 Å². The van der Waals surface area contributed by atoms with Gasteiger partial charge in [0.15, 0.2) is 21.4 Å². The molecule has 3 aromatic rings. The van der Waals surface area contributed by atoms with Gasteiger partial charge >= 0.3 is 6.01 Å². The summed E-state index contributed by atoms with van der Waals surface area (Å²) in [5.41, 5.74) is -1.10. The van der Waals surface area contributed by atoms with E-state index in [9.17, 15) is 22.0 Å². The zero-order valence-electron chi connectivity index (χ0n) is 17.2. The lowest BCUT2D eigenvalue weighted by molar-refractivity contribution is 0.404. The molecule has 0 fully saturated rings. The molecule has 0 amide bonds. The first-order chi connectivity index (χ1) is 14.6. The summed E-state index contributed by atoms with van der Waals surface area (Å²) in [6.45, 7) is 3.06. The molecule has 1 unspecified atom stereocenters. The van der Waals surface area contributed by atoms with Crippen molar-refractivity contribution in [2.75, 3.05) is 0 Å². The minimum Gasteiger partial charge on any atom is -0.421 e. The third-order valence-electron chi connectivity index (χ3n) is 4.56. The maximum Gasteiger partial charge on any atom is 0.322 e. The van der Waals surface area contributed by atoms with Gasteiger partial charge in [-0.05, 0) is 37.1 Å². The van der Waals surface area contributed by atoms with Gasteiger partial charge in [0.25, 0.3) is 0 Å². The van der Waals surface area contributed by atoms with E-state index in [1.807, 2.05) is 0 Å². The lowest BCUT2D eigenvalue weighted by atomic mass is 10.2. The van der Waals surface area contributed by atoms with E-state index in [-0.39, 0.29) is 35.1 Å². The molecule has 0 aliphatic rings. The molecule has 0 radical (unpaired) electrons. The molecule has 0 saturated carbocycles. The number of sulfone groups is 1. The van der Waals surface area contributed by atoms with Gasteiger partial charge < -0.3 is 9.30 Å². The zero-order valence-corrected chi connectivity index (χ0v) is 18.0. The molecule has 3 rings (SSSR count). The standard InChI is InChI=1S/C21H21F2N3O4S/c1-4-18(23)31(28,29)12-15-10-17(14-8-9-19(27)26(3)11-14)25-21(24-15)30-20-13(2)6-5-7-16(20)22/h5-11,18H,4,12H2,1-3H3. The Bertz CT molecular complexity index is 1260. The van der Waals surface area contributed by atoms with Crippen LogP contribution in [0.15, 0.2) is 47.4 Å². The summed E-state index contributed by atoms with van der Waals surface area (Å²) in [5.74, 6) is -1.43. The van der Waals surface area contributed by atoms with Crippen LogP contribution in [0, 0.1) is 12.7 Å². The van der Waals surface area contributed by atoms with E-state index in [1.54, 1.807) is 20.0 Å². The van der Waals surface area contributed by atoms with Crippen molar-refractivity contribution in [2.45, 2.75) is 31.5 Å². The summed E-state index contributed by atoms with van der Waals surface area (Å²) in [6.07, 6.45) is 1.31. The first-order valence-corrected chi connectivity index (χ1v) is 11.2. The van der Waals surface area contributed by atoms with Gasteiger partial charge in [0.2, 0.25) is 11.1 Å². The van der Waals surface area contributed by atoms with Crippen molar-refractivity contribution in [2.24, 2.45) is 7.05 Å². The van der Waals surface area contributed by atoms with E-state index >= 15 is 0 Å². The number of alkyl halides is 1. The molecule has 0 aliphatic heterocycles. The molecule has 0 spiro atoms. The van der Waals surface area contributed by atoms with Crippen LogP contribution in [0.1, 0.15) is 24.6 Å². The molecule has 0 N–H and O–H groups in total. The van der Waals surface area contributed by atoms with Gasteiger partial charge in [0, 0.05) is 24.9 Å². The van der Waals surface area contributed by atoms with Gasteiger partial charge in [-0.1, -0.05) is 19.1 Å². The third-order valence-corrected chi connectivity index (χ3v) is 6.37. The largest absolute Gasteiger partial charge is 0.421 e. The molecule has 2 aromatic heterocycles. The molecule has 0 aliphatic carbocycles. The SMILES string of the molecule is CCC(F)S(=O)(=O)Cc1cc(-c2ccc(=O)n(C)c2)nc(Oc2c(C)cccc2F)n1. The van der Waals surface area contributed by atoms with Crippen molar-refractivity contribution in [3.8, 4) is 23.0 Å². The summed E-state index contributed by atoms with van der Waals surface area (Å²) in [7, 11) is -2.58. The molecular formula is C21H21F2N3O4S. The van der Waals surface area contributed by atoms with Crippen molar-refractivity contribution in [1.82, 2.24) is 14.5 Å². The Morgan fingerprint density at radius 3 is 2.58 bits per heavy atom. The molecule has 0 bridgehead atoms. The maximum absolute atomic E-state index is 14.2. The Labute approximate surface area is 178 Å². The van der Waals surface area contributed by atoms with E-state index in [4.69, 9.17) is 4.74 Å². The Kier molecular flexibility index (Phi) is 6.49. The highest BCUT2D eigenvalue weighted by Gasteiger charge is 2.25. The third kappa shape index (κ3) is 5.13. The highest BCUT2D eigenvalue weighted by Crippen LogP contribution is 2.28. The van der Waals surface area contributed by atoms with Gasteiger partial charge in [-0.2, -0.15) is 9.97 Å². The minimum atomic E-state index is -4.12. The maximum atomic E-state index is 14.2. The van der Waals surface area contributed by atoms with Crippen LogP contribution in [0.5, 0.6) is 11.8 Å². The predicted molar refractivity (Wildman–Crippen MR) is 112 cm³/mol. The van der Waals surface area contributed by atoms with Gasteiger partial charge in [-0.15, -0.1) is 0 Å². The lowest BCUT2D eigenvalue weighted by Gasteiger charge is -2.12. The molecule has 164 valence electrons. The van der Waals surface area contributed by atoms with Crippen LogP contribution in [0.2, 0.25) is 0 Å². The van der Waals surface area contributed by atoms with Crippen LogP contribution in [-0.4, -0.2) is 28.5 Å². The molecule has 2 heterocycles. The van der Waals surface area contributed by atoms with Crippen LogP contribution >= 0.6 is 0 Å². The van der Waals surface area contributed by atoms with Gasteiger partial charge in [0.05, 0.1) is 17.1 Å². The summed E-state index contributed by atoms with van der Waals surface area (Å²) in [5, 5.41) is 0. The summed E-state index contributed by atoms with van der Waals surface area (Å²) < 4.78 is 59.6. The van der Waals surface area contributed by atoms with E-state index < -0.39 is 26.9 Å². The first kappa shape index (κ1) is 22.5. The number of hydrogen-bond donors (Lipinski definition) is 0. The van der Waals surface area contributed by atoms with Crippen LogP contribution < -0.4 is 10.3 Å². The lowest BCUT2D eigenvalue weighted by Crippen LogP contribution is -2.18. The van der Waals surface area contributed by atoms with Gasteiger partial charge in [0.1, 0.15) is 0 Å². The summed E-state index contributed by atoms with van der Waals surface area (Å²) in [6, 6.07) is 8.27. The van der Waals surface area contributed by atoms with Crippen molar-refractivity contribution >= 4 is 9.84 Å².